The third-order valence-corrected chi connectivity index (χ3v) is 4.08. The van der Waals surface area contributed by atoms with Crippen molar-refractivity contribution in [1.29, 1.82) is 0 Å². The predicted octanol–water partition coefficient (Wildman–Crippen LogP) is 4.36. The van der Waals surface area contributed by atoms with Crippen LogP contribution in [-0.2, 0) is 0 Å². The predicted molar refractivity (Wildman–Crippen MR) is 87.4 cm³/mol. The third-order valence-electron chi connectivity index (χ3n) is 2.83. The number of amides is 1. The fourth-order valence-corrected chi connectivity index (χ4v) is 2.86. The number of halogens is 2. The molecule has 0 aliphatic rings. The molecular formula is C15H9BrFN3OS. The summed E-state index contributed by atoms with van der Waals surface area (Å²) >= 11 is 4.48. The number of carbonyl (C=O) groups is 1. The van der Waals surface area contributed by atoms with Crippen LogP contribution in [0.25, 0.3) is 11.4 Å². The molecule has 2 aromatic heterocycles. The molecule has 0 aliphatic carbocycles. The van der Waals surface area contributed by atoms with Crippen LogP contribution in [-0.4, -0.2) is 15.9 Å². The number of pyridine rings is 1. The highest BCUT2D eigenvalue weighted by Gasteiger charge is 2.14. The molecule has 3 aromatic rings. The molecular weight excluding hydrogens is 369 g/mol. The van der Waals surface area contributed by atoms with E-state index in [1.54, 1.807) is 11.6 Å². The van der Waals surface area contributed by atoms with Gasteiger partial charge in [-0.2, -0.15) is 0 Å². The molecule has 0 fully saturated rings. The molecule has 0 bridgehead atoms. The summed E-state index contributed by atoms with van der Waals surface area (Å²) in [6.07, 6.45) is 1.67. The number of anilines is 1. The quantitative estimate of drug-likeness (QED) is 0.737. The van der Waals surface area contributed by atoms with E-state index in [2.05, 4.69) is 31.2 Å². The maximum Gasteiger partial charge on any atom is 0.260 e. The van der Waals surface area contributed by atoms with Gasteiger partial charge >= 0.3 is 0 Å². The zero-order valence-electron chi connectivity index (χ0n) is 11.1. The molecule has 1 N–H and O–H groups in total. The van der Waals surface area contributed by atoms with Gasteiger partial charge in [0, 0.05) is 16.0 Å². The lowest BCUT2D eigenvalue weighted by Gasteiger charge is -2.03. The Kier molecular flexibility index (Phi) is 4.26. The highest BCUT2D eigenvalue weighted by molar-refractivity contribution is 9.10. The lowest BCUT2D eigenvalue weighted by atomic mass is 10.2. The molecule has 0 saturated carbocycles. The summed E-state index contributed by atoms with van der Waals surface area (Å²) in [5.74, 6) is -1.12. The number of thiazole rings is 1. The Hall–Kier alpha value is -2.12. The summed E-state index contributed by atoms with van der Waals surface area (Å²) in [5.41, 5.74) is 1.34. The Labute approximate surface area is 138 Å². The molecule has 1 amide bonds. The topological polar surface area (TPSA) is 54.9 Å². The smallest absolute Gasteiger partial charge is 0.260 e. The number of hydrogen-bond donors (Lipinski definition) is 1. The van der Waals surface area contributed by atoms with Crippen LogP contribution in [0.15, 0.2) is 52.4 Å². The van der Waals surface area contributed by atoms with E-state index in [0.717, 1.165) is 0 Å². The van der Waals surface area contributed by atoms with Crippen molar-refractivity contribution >= 4 is 38.3 Å². The molecule has 110 valence electrons. The number of hydrogen-bond acceptors (Lipinski definition) is 4. The van der Waals surface area contributed by atoms with E-state index in [1.807, 2.05) is 18.2 Å². The summed E-state index contributed by atoms with van der Waals surface area (Å²) in [7, 11) is 0. The van der Waals surface area contributed by atoms with Gasteiger partial charge in [-0.25, -0.2) is 9.37 Å². The van der Waals surface area contributed by atoms with Crippen molar-refractivity contribution in [3.05, 3.63) is 63.8 Å². The number of nitrogens with zero attached hydrogens (tertiary/aromatic N) is 2. The minimum atomic E-state index is -0.581. The molecule has 0 atom stereocenters. The van der Waals surface area contributed by atoms with Crippen molar-refractivity contribution in [2.75, 3.05) is 5.32 Å². The van der Waals surface area contributed by atoms with Crippen molar-refractivity contribution in [3.63, 3.8) is 0 Å². The van der Waals surface area contributed by atoms with Crippen LogP contribution >= 0.6 is 27.3 Å². The van der Waals surface area contributed by atoms with E-state index in [0.29, 0.717) is 21.0 Å². The average molecular weight is 378 g/mol. The lowest BCUT2D eigenvalue weighted by molar-refractivity contribution is 0.102. The number of aromatic nitrogens is 2. The van der Waals surface area contributed by atoms with Gasteiger partial charge < -0.3 is 0 Å². The maximum absolute atomic E-state index is 13.7. The molecule has 0 aliphatic heterocycles. The Morgan fingerprint density at radius 1 is 1.23 bits per heavy atom. The molecule has 0 unspecified atom stereocenters. The SMILES string of the molecule is O=C(Nc1nc(-c2ccccn2)cs1)c1cc(Br)ccc1F. The van der Waals surface area contributed by atoms with E-state index >= 15 is 0 Å². The van der Waals surface area contributed by atoms with Gasteiger partial charge in [0.05, 0.1) is 11.3 Å². The number of carbonyl (C=O) groups excluding carboxylic acids is 1. The monoisotopic (exact) mass is 377 g/mol. The summed E-state index contributed by atoms with van der Waals surface area (Å²) < 4.78 is 14.3. The van der Waals surface area contributed by atoms with Gasteiger partial charge in [0.1, 0.15) is 11.5 Å². The van der Waals surface area contributed by atoms with E-state index in [-0.39, 0.29) is 5.56 Å². The molecule has 1 aromatic carbocycles. The molecule has 0 spiro atoms. The maximum atomic E-state index is 13.7. The summed E-state index contributed by atoms with van der Waals surface area (Å²) in [6, 6.07) is 9.70. The van der Waals surface area contributed by atoms with Gasteiger partial charge in [-0.15, -0.1) is 11.3 Å². The average Bonchev–Trinajstić information content (AvgIpc) is 2.99. The van der Waals surface area contributed by atoms with Gasteiger partial charge in [-0.3, -0.25) is 15.1 Å². The molecule has 0 radical (unpaired) electrons. The molecule has 0 saturated heterocycles. The second-order valence-electron chi connectivity index (χ2n) is 4.33. The van der Waals surface area contributed by atoms with Gasteiger partial charge in [0.25, 0.3) is 5.91 Å². The minimum Gasteiger partial charge on any atom is -0.298 e. The first-order valence-corrected chi connectivity index (χ1v) is 7.94. The van der Waals surface area contributed by atoms with Crippen LogP contribution in [0.4, 0.5) is 9.52 Å². The third kappa shape index (κ3) is 3.20. The van der Waals surface area contributed by atoms with Crippen LogP contribution < -0.4 is 5.32 Å². The Morgan fingerprint density at radius 2 is 2.09 bits per heavy atom. The van der Waals surface area contributed by atoms with E-state index < -0.39 is 11.7 Å². The number of benzene rings is 1. The Balaban J connectivity index is 1.81. The van der Waals surface area contributed by atoms with E-state index in [1.165, 1.54) is 29.5 Å². The van der Waals surface area contributed by atoms with Crippen molar-refractivity contribution in [3.8, 4) is 11.4 Å². The molecule has 2 heterocycles. The fraction of sp³-hybridized carbons (Fsp3) is 0. The van der Waals surface area contributed by atoms with Gasteiger partial charge in [0.15, 0.2) is 5.13 Å². The van der Waals surface area contributed by atoms with Gasteiger partial charge in [-0.05, 0) is 30.3 Å². The first-order valence-electron chi connectivity index (χ1n) is 6.27. The van der Waals surface area contributed by atoms with Gasteiger partial charge in [-0.1, -0.05) is 22.0 Å². The van der Waals surface area contributed by atoms with Crippen LogP contribution in [0.1, 0.15) is 10.4 Å². The number of nitrogens with one attached hydrogen (secondary N) is 1. The second-order valence-corrected chi connectivity index (χ2v) is 6.10. The van der Waals surface area contributed by atoms with E-state index in [4.69, 9.17) is 0 Å². The number of rotatable bonds is 3. The largest absolute Gasteiger partial charge is 0.298 e. The Bertz CT molecular complexity index is 823. The molecule has 4 nitrogen and oxygen atoms in total. The van der Waals surface area contributed by atoms with Crippen molar-refractivity contribution in [2.24, 2.45) is 0 Å². The molecule has 22 heavy (non-hydrogen) atoms. The lowest BCUT2D eigenvalue weighted by Crippen LogP contribution is -2.13. The van der Waals surface area contributed by atoms with E-state index in [9.17, 15) is 9.18 Å². The highest BCUT2D eigenvalue weighted by atomic mass is 79.9. The zero-order chi connectivity index (χ0) is 15.5. The summed E-state index contributed by atoms with van der Waals surface area (Å²) in [6.45, 7) is 0. The summed E-state index contributed by atoms with van der Waals surface area (Å²) in [4.78, 5) is 20.6. The zero-order valence-corrected chi connectivity index (χ0v) is 13.5. The van der Waals surface area contributed by atoms with Crippen molar-refractivity contribution in [2.45, 2.75) is 0 Å². The van der Waals surface area contributed by atoms with Crippen molar-refractivity contribution in [1.82, 2.24) is 9.97 Å². The second kappa shape index (κ2) is 6.33. The van der Waals surface area contributed by atoms with Gasteiger partial charge in [0.2, 0.25) is 0 Å². The van der Waals surface area contributed by atoms with Crippen LogP contribution in [0.3, 0.4) is 0 Å². The van der Waals surface area contributed by atoms with Crippen LogP contribution in [0, 0.1) is 5.82 Å². The highest BCUT2D eigenvalue weighted by Crippen LogP contribution is 2.24. The Morgan fingerprint density at radius 3 is 2.86 bits per heavy atom. The standard InChI is InChI=1S/C15H9BrFN3OS/c16-9-4-5-11(17)10(7-9)14(21)20-15-19-13(8-22-15)12-3-1-2-6-18-12/h1-8H,(H,19,20,21). The van der Waals surface area contributed by atoms with Crippen molar-refractivity contribution < 1.29 is 9.18 Å². The van der Waals surface area contributed by atoms with Crippen LogP contribution in [0.2, 0.25) is 0 Å². The first kappa shape index (κ1) is 14.8. The molecule has 3 rings (SSSR count). The van der Waals surface area contributed by atoms with Crippen LogP contribution in [0.5, 0.6) is 0 Å². The first-order chi connectivity index (χ1) is 10.6. The minimum absolute atomic E-state index is 0.0380. The molecule has 7 heteroatoms. The summed E-state index contributed by atoms with van der Waals surface area (Å²) in [5, 5.41) is 4.78. The fourth-order valence-electron chi connectivity index (χ4n) is 1.80. The normalized spacial score (nSPS) is 10.5.